The van der Waals surface area contributed by atoms with Gasteiger partial charge in [-0.3, -0.25) is 9.59 Å². The average molecular weight is 479 g/mol. The minimum atomic E-state index is -3.90. The topological polar surface area (TPSA) is 98.8 Å². The molecule has 0 radical (unpaired) electrons. The van der Waals surface area contributed by atoms with Crippen LogP contribution >= 0.6 is 0 Å². The minimum Gasteiger partial charge on any atom is -0.369 e. The number of rotatable bonds is 7. The van der Waals surface area contributed by atoms with Crippen molar-refractivity contribution in [3.05, 3.63) is 90.0 Å². The lowest BCUT2D eigenvalue weighted by molar-refractivity contribution is -0.122. The van der Waals surface area contributed by atoms with Gasteiger partial charge in [-0.15, -0.1) is 0 Å². The van der Waals surface area contributed by atoms with E-state index in [0.29, 0.717) is 12.2 Å². The maximum Gasteiger partial charge on any atom is 0.255 e. The number of carbonyl (C=O) groups excluding carboxylic acids is 2. The molecule has 0 aromatic heterocycles. The van der Waals surface area contributed by atoms with Gasteiger partial charge in [-0.1, -0.05) is 48.5 Å². The zero-order valence-electron chi connectivity index (χ0n) is 18.8. The summed E-state index contributed by atoms with van der Waals surface area (Å²) in [6.45, 7) is 0.863. The lowest BCUT2D eigenvalue weighted by atomic mass is 10.1. The van der Waals surface area contributed by atoms with Crippen LogP contribution in [0.3, 0.4) is 0 Å². The molecule has 1 saturated heterocycles. The normalized spacial score (nSPS) is 14.3. The maximum atomic E-state index is 13.1. The molecule has 4 rings (SSSR count). The molecule has 1 aliphatic rings. The third kappa shape index (κ3) is 5.27. The summed E-state index contributed by atoms with van der Waals surface area (Å²) in [5.41, 5.74) is 2.80. The van der Waals surface area contributed by atoms with Crippen LogP contribution in [0, 0.1) is 0 Å². The summed E-state index contributed by atoms with van der Waals surface area (Å²) in [5, 5.41) is 5.51. The van der Waals surface area contributed by atoms with Gasteiger partial charge in [-0.05, 0) is 35.9 Å². The van der Waals surface area contributed by atoms with Gasteiger partial charge in [0.15, 0.2) is 0 Å². The fourth-order valence-electron chi connectivity index (χ4n) is 3.82. The van der Waals surface area contributed by atoms with Crippen LogP contribution in [-0.4, -0.2) is 51.2 Å². The second-order valence-corrected chi connectivity index (χ2v) is 9.97. The van der Waals surface area contributed by atoms with E-state index in [1.807, 2.05) is 66.5 Å². The standard InChI is InChI=1S/C25H26N4O4S/c1-28(17-19-8-3-2-4-9-19)23-13-6-5-12-22(23)27-25(31)20-10-7-11-21(16-20)34(32,33)29-15-14-26-24(30)18-29/h2-13,16H,14-15,17-18H2,1H3,(H,26,30)(H,27,31). The number of hydrogen-bond donors (Lipinski definition) is 2. The van der Waals surface area contributed by atoms with Crippen molar-refractivity contribution in [2.75, 3.05) is 36.9 Å². The van der Waals surface area contributed by atoms with Crippen LogP contribution in [0.15, 0.2) is 83.8 Å². The number of sulfonamides is 1. The van der Waals surface area contributed by atoms with Crippen LogP contribution in [0.5, 0.6) is 0 Å². The Morgan fingerprint density at radius 1 is 1.03 bits per heavy atom. The van der Waals surface area contributed by atoms with E-state index < -0.39 is 15.9 Å². The molecule has 9 heteroatoms. The Morgan fingerprint density at radius 2 is 1.76 bits per heavy atom. The van der Waals surface area contributed by atoms with Crippen molar-refractivity contribution in [2.24, 2.45) is 0 Å². The summed E-state index contributed by atoms with van der Waals surface area (Å²) < 4.78 is 27.1. The quantitative estimate of drug-likeness (QED) is 0.544. The van der Waals surface area contributed by atoms with Gasteiger partial charge in [-0.2, -0.15) is 4.31 Å². The fourth-order valence-corrected chi connectivity index (χ4v) is 5.26. The zero-order chi connectivity index (χ0) is 24.1. The Bertz CT molecular complexity index is 1300. The van der Waals surface area contributed by atoms with Crippen molar-refractivity contribution < 1.29 is 18.0 Å². The van der Waals surface area contributed by atoms with Crippen molar-refractivity contribution in [3.63, 3.8) is 0 Å². The first-order valence-corrected chi connectivity index (χ1v) is 12.3. The molecule has 3 aromatic carbocycles. The lowest BCUT2D eigenvalue weighted by Gasteiger charge is -2.26. The smallest absolute Gasteiger partial charge is 0.255 e. The second kappa shape index (κ2) is 10.1. The number of anilines is 2. The van der Waals surface area contributed by atoms with Gasteiger partial charge in [0, 0.05) is 32.2 Å². The number of para-hydroxylation sites is 2. The highest BCUT2D eigenvalue weighted by Crippen LogP contribution is 2.27. The van der Waals surface area contributed by atoms with Gasteiger partial charge in [0.1, 0.15) is 0 Å². The van der Waals surface area contributed by atoms with Crippen molar-refractivity contribution in [1.82, 2.24) is 9.62 Å². The molecule has 0 atom stereocenters. The van der Waals surface area contributed by atoms with Gasteiger partial charge in [0.05, 0.1) is 22.8 Å². The van der Waals surface area contributed by atoms with Crippen LogP contribution in [0.25, 0.3) is 0 Å². The van der Waals surface area contributed by atoms with E-state index in [1.54, 1.807) is 6.07 Å². The molecule has 176 valence electrons. The summed E-state index contributed by atoms with van der Waals surface area (Å²) in [6.07, 6.45) is 0. The Labute approximate surface area is 199 Å². The van der Waals surface area contributed by atoms with Gasteiger partial charge in [-0.25, -0.2) is 8.42 Å². The van der Waals surface area contributed by atoms with Crippen LogP contribution in [0.1, 0.15) is 15.9 Å². The summed E-state index contributed by atoms with van der Waals surface area (Å²) in [5.74, 6) is -0.769. The molecule has 2 amide bonds. The first-order valence-electron chi connectivity index (χ1n) is 10.9. The predicted molar refractivity (Wildman–Crippen MR) is 131 cm³/mol. The number of carbonyl (C=O) groups is 2. The van der Waals surface area contributed by atoms with E-state index in [4.69, 9.17) is 0 Å². The van der Waals surface area contributed by atoms with E-state index in [9.17, 15) is 18.0 Å². The van der Waals surface area contributed by atoms with Gasteiger partial charge < -0.3 is 15.5 Å². The Balaban J connectivity index is 1.53. The van der Waals surface area contributed by atoms with Crippen LogP contribution in [-0.2, 0) is 21.4 Å². The molecule has 1 aliphatic heterocycles. The van der Waals surface area contributed by atoms with E-state index in [-0.39, 0.29) is 36.0 Å². The lowest BCUT2D eigenvalue weighted by Crippen LogP contribution is -2.49. The Kier molecular flexibility index (Phi) is 6.95. The van der Waals surface area contributed by atoms with E-state index in [2.05, 4.69) is 10.6 Å². The molecule has 0 bridgehead atoms. The second-order valence-electron chi connectivity index (χ2n) is 8.03. The summed E-state index contributed by atoms with van der Waals surface area (Å²) in [6, 6.07) is 23.3. The highest BCUT2D eigenvalue weighted by Gasteiger charge is 2.29. The molecular weight excluding hydrogens is 452 g/mol. The largest absolute Gasteiger partial charge is 0.369 e. The molecule has 0 spiro atoms. The van der Waals surface area contributed by atoms with E-state index >= 15 is 0 Å². The van der Waals surface area contributed by atoms with Crippen LogP contribution < -0.4 is 15.5 Å². The van der Waals surface area contributed by atoms with E-state index in [1.165, 1.54) is 18.2 Å². The molecule has 8 nitrogen and oxygen atoms in total. The molecule has 0 saturated carbocycles. The van der Waals surface area contributed by atoms with Gasteiger partial charge >= 0.3 is 0 Å². The Morgan fingerprint density at radius 3 is 2.53 bits per heavy atom. The summed E-state index contributed by atoms with van der Waals surface area (Å²) in [4.78, 5) is 26.7. The molecule has 0 unspecified atom stereocenters. The molecule has 0 aliphatic carbocycles. The first-order chi connectivity index (χ1) is 16.3. The van der Waals surface area contributed by atoms with Crippen molar-refractivity contribution in [1.29, 1.82) is 0 Å². The van der Waals surface area contributed by atoms with Crippen molar-refractivity contribution in [3.8, 4) is 0 Å². The molecule has 34 heavy (non-hydrogen) atoms. The first kappa shape index (κ1) is 23.5. The monoisotopic (exact) mass is 478 g/mol. The van der Waals surface area contributed by atoms with Gasteiger partial charge in [0.25, 0.3) is 5.91 Å². The third-order valence-corrected chi connectivity index (χ3v) is 7.40. The minimum absolute atomic E-state index is 0.0238. The molecular formula is C25H26N4O4S. The number of nitrogens with one attached hydrogen (secondary N) is 2. The van der Waals surface area contributed by atoms with Crippen molar-refractivity contribution >= 4 is 33.2 Å². The molecule has 1 heterocycles. The van der Waals surface area contributed by atoms with Gasteiger partial charge in [0.2, 0.25) is 15.9 Å². The highest BCUT2D eigenvalue weighted by molar-refractivity contribution is 7.89. The van der Waals surface area contributed by atoms with Crippen molar-refractivity contribution in [2.45, 2.75) is 11.4 Å². The summed E-state index contributed by atoms with van der Waals surface area (Å²) >= 11 is 0. The summed E-state index contributed by atoms with van der Waals surface area (Å²) in [7, 11) is -1.95. The maximum absolute atomic E-state index is 13.1. The van der Waals surface area contributed by atoms with E-state index in [0.717, 1.165) is 15.6 Å². The van der Waals surface area contributed by atoms with Crippen LogP contribution in [0.2, 0.25) is 0 Å². The predicted octanol–water partition coefficient (Wildman–Crippen LogP) is 2.70. The number of amides is 2. The molecule has 2 N–H and O–H groups in total. The average Bonchev–Trinajstić information content (AvgIpc) is 2.85. The zero-order valence-corrected chi connectivity index (χ0v) is 19.6. The number of nitrogens with zero attached hydrogens (tertiary/aromatic N) is 2. The Hall–Kier alpha value is -3.69. The number of benzene rings is 3. The molecule has 1 fully saturated rings. The van der Waals surface area contributed by atoms with Crippen LogP contribution in [0.4, 0.5) is 11.4 Å². The highest BCUT2D eigenvalue weighted by atomic mass is 32.2. The number of hydrogen-bond acceptors (Lipinski definition) is 5. The third-order valence-electron chi connectivity index (χ3n) is 5.56. The number of piperazine rings is 1. The molecule has 3 aromatic rings. The SMILES string of the molecule is CN(Cc1ccccc1)c1ccccc1NC(=O)c1cccc(S(=O)(=O)N2CCNC(=O)C2)c1. The fraction of sp³-hybridized carbons (Fsp3) is 0.200.